The molecule has 34 heavy (non-hydrogen) atoms. The van der Waals surface area contributed by atoms with E-state index >= 15 is 0 Å². The molecule has 0 aliphatic heterocycles. The second-order valence-corrected chi connectivity index (χ2v) is 10.4. The smallest absolute Gasteiger partial charge is 0.222 e. The van der Waals surface area contributed by atoms with Gasteiger partial charge in [-0.3, -0.25) is 4.79 Å². The summed E-state index contributed by atoms with van der Waals surface area (Å²) in [5.41, 5.74) is 0. The highest BCUT2D eigenvalue weighted by atomic mass is 16.3. The molecule has 3 unspecified atom stereocenters. The minimum Gasteiger partial charge on any atom is -0.394 e. The predicted octanol–water partition coefficient (Wildman–Crippen LogP) is 6.81. The van der Waals surface area contributed by atoms with E-state index in [1.807, 2.05) is 0 Å². The average Bonchev–Trinajstić information content (AvgIpc) is 2.82. The third-order valence-electron chi connectivity index (χ3n) is 6.92. The summed E-state index contributed by atoms with van der Waals surface area (Å²) in [6.45, 7) is 4.18. The zero-order valence-corrected chi connectivity index (χ0v) is 22.7. The first-order chi connectivity index (χ1) is 16.5. The minimum absolute atomic E-state index is 0.0393. The quantitative estimate of drug-likeness (QED) is 0.101. The van der Waals surface area contributed by atoms with Gasteiger partial charge in [-0.15, -0.1) is 0 Å². The van der Waals surface area contributed by atoms with Crippen LogP contribution in [0.3, 0.4) is 0 Å². The van der Waals surface area contributed by atoms with Crippen molar-refractivity contribution in [3.63, 3.8) is 0 Å². The summed E-state index contributed by atoms with van der Waals surface area (Å²) in [6, 6.07) is -0.647. The van der Waals surface area contributed by atoms with E-state index in [0.29, 0.717) is 12.8 Å². The molecule has 0 aromatic heterocycles. The third kappa shape index (κ3) is 21.9. The van der Waals surface area contributed by atoms with Crippen LogP contribution in [0, 0.1) is 0 Å². The lowest BCUT2D eigenvalue weighted by Gasteiger charge is -2.23. The van der Waals surface area contributed by atoms with Gasteiger partial charge >= 0.3 is 0 Å². The van der Waals surface area contributed by atoms with Gasteiger partial charge < -0.3 is 20.6 Å². The summed E-state index contributed by atoms with van der Waals surface area (Å²) < 4.78 is 0. The van der Waals surface area contributed by atoms with Gasteiger partial charge in [0.25, 0.3) is 0 Å². The maximum absolute atomic E-state index is 12.2. The Bertz CT molecular complexity index is 432. The number of hydrogen-bond donors (Lipinski definition) is 4. The van der Waals surface area contributed by atoms with Crippen molar-refractivity contribution < 1.29 is 20.1 Å². The maximum atomic E-state index is 12.2. The molecule has 0 bridgehead atoms. The molecule has 0 aliphatic rings. The molecule has 3 atom stereocenters. The fourth-order valence-electron chi connectivity index (χ4n) is 4.58. The van der Waals surface area contributed by atoms with Crippen LogP contribution in [0.25, 0.3) is 0 Å². The van der Waals surface area contributed by atoms with Crippen LogP contribution >= 0.6 is 0 Å². The van der Waals surface area contributed by atoms with Crippen molar-refractivity contribution in [3.05, 3.63) is 0 Å². The molecule has 1 amide bonds. The monoisotopic (exact) mass is 485 g/mol. The van der Waals surface area contributed by atoms with Crippen LogP contribution in [0.15, 0.2) is 0 Å². The summed E-state index contributed by atoms with van der Waals surface area (Å²) in [5.74, 6) is -0.289. The van der Waals surface area contributed by atoms with E-state index in [4.69, 9.17) is 0 Å². The van der Waals surface area contributed by atoms with Crippen molar-refractivity contribution in [2.45, 2.75) is 173 Å². The Morgan fingerprint density at radius 3 is 1.41 bits per heavy atom. The number of nitrogens with one attached hydrogen (secondary N) is 1. The van der Waals surface area contributed by atoms with Crippen molar-refractivity contribution in [1.82, 2.24) is 5.32 Å². The van der Waals surface area contributed by atoms with Crippen LogP contribution in [0.4, 0.5) is 0 Å². The van der Waals surface area contributed by atoms with Gasteiger partial charge in [-0.1, -0.05) is 136 Å². The van der Waals surface area contributed by atoms with Crippen LogP contribution in [0.2, 0.25) is 0 Å². The zero-order valence-electron chi connectivity index (χ0n) is 22.7. The number of aliphatic hydroxyl groups excluding tert-OH is 3. The molecule has 0 saturated heterocycles. The summed E-state index contributed by atoms with van der Waals surface area (Å²) in [6.07, 6.45) is 23.4. The highest BCUT2D eigenvalue weighted by Crippen LogP contribution is 2.14. The van der Waals surface area contributed by atoms with E-state index in [-0.39, 0.29) is 18.9 Å². The molecule has 0 aromatic rings. The van der Waals surface area contributed by atoms with Gasteiger partial charge in [-0.05, 0) is 12.8 Å². The predicted molar refractivity (Wildman–Crippen MR) is 144 cm³/mol. The molecule has 0 radical (unpaired) electrons. The van der Waals surface area contributed by atoms with Crippen LogP contribution in [0.5, 0.6) is 0 Å². The Labute approximate surface area is 211 Å². The maximum Gasteiger partial charge on any atom is 0.222 e. The number of carbonyl (C=O) groups is 1. The van der Waals surface area contributed by atoms with Crippen molar-refractivity contribution in [2.24, 2.45) is 0 Å². The minimum atomic E-state index is -0.739. The molecular weight excluding hydrogens is 426 g/mol. The number of aliphatic hydroxyl groups is 3. The average molecular weight is 486 g/mol. The largest absolute Gasteiger partial charge is 0.394 e. The molecule has 5 heteroatoms. The summed E-state index contributed by atoms with van der Waals surface area (Å²) >= 11 is 0. The first kappa shape index (κ1) is 33.4. The van der Waals surface area contributed by atoms with Crippen molar-refractivity contribution >= 4 is 5.91 Å². The fourth-order valence-corrected chi connectivity index (χ4v) is 4.58. The van der Waals surface area contributed by atoms with Gasteiger partial charge in [0, 0.05) is 0 Å². The topological polar surface area (TPSA) is 89.8 Å². The molecule has 0 aliphatic carbocycles. The molecule has 5 nitrogen and oxygen atoms in total. The Kier molecular flexibility index (Phi) is 25.0. The second kappa shape index (κ2) is 25.4. The first-order valence-corrected chi connectivity index (χ1v) is 14.8. The molecule has 0 heterocycles. The van der Waals surface area contributed by atoms with Crippen molar-refractivity contribution in [3.8, 4) is 0 Å². The van der Waals surface area contributed by atoms with Crippen molar-refractivity contribution in [2.75, 3.05) is 6.61 Å². The van der Waals surface area contributed by atoms with Crippen LogP contribution in [0.1, 0.15) is 155 Å². The summed E-state index contributed by atoms with van der Waals surface area (Å²) in [5, 5.41) is 32.8. The highest BCUT2D eigenvalue weighted by Gasteiger charge is 2.21. The molecule has 0 saturated carbocycles. The molecule has 4 N–H and O–H groups in total. The lowest BCUT2D eigenvalue weighted by atomic mass is 10.0. The molecule has 0 spiro atoms. The van der Waals surface area contributed by atoms with Gasteiger partial charge in [0.15, 0.2) is 0 Å². The van der Waals surface area contributed by atoms with Crippen LogP contribution < -0.4 is 5.32 Å². The van der Waals surface area contributed by atoms with Gasteiger partial charge in [0.1, 0.15) is 0 Å². The summed E-state index contributed by atoms with van der Waals surface area (Å²) in [7, 11) is 0. The fraction of sp³-hybridized carbons (Fsp3) is 0.966. The van der Waals surface area contributed by atoms with Crippen LogP contribution in [-0.4, -0.2) is 46.1 Å². The van der Waals surface area contributed by atoms with E-state index in [2.05, 4.69) is 19.2 Å². The van der Waals surface area contributed by atoms with E-state index < -0.39 is 18.2 Å². The highest BCUT2D eigenvalue weighted by molar-refractivity contribution is 5.76. The number of unbranched alkanes of at least 4 members (excludes halogenated alkanes) is 17. The van der Waals surface area contributed by atoms with Gasteiger partial charge in [0.2, 0.25) is 5.91 Å². The number of amides is 1. The molecule has 0 rings (SSSR count). The van der Waals surface area contributed by atoms with Gasteiger partial charge in [-0.2, -0.15) is 0 Å². The Morgan fingerprint density at radius 1 is 0.618 bits per heavy atom. The SMILES string of the molecule is CCCCCCCCCCCCCCC(O)C(CO)NC(=O)CC(O)CCCCCCCCC. The molecular formula is C29H59NO4. The Balaban J connectivity index is 3.74. The van der Waals surface area contributed by atoms with Gasteiger partial charge in [-0.25, -0.2) is 0 Å². The van der Waals surface area contributed by atoms with E-state index in [9.17, 15) is 20.1 Å². The van der Waals surface area contributed by atoms with Gasteiger partial charge in [0.05, 0.1) is 31.3 Å². The number of hydrogen-bond acceptors (Lipinski definition) is 4. The second-order valence-electron chi connectivity index (χ2n) is 10.4. The standard InChI is InChI=1S/C29H59NO4/c1-3-5-7-9-11-12-13-14-15-17-19-21-23-28(33)27(25-31)30-29(34)24-26(32)22-20-18-16-10-8-6-4-2/h26-28,31-33H,3-25H2,1-2H3,(H,30,34). The number of rotatable bonds is 26. The van der Waals surface area contributed by atoms with Crippen molar-refractivity contribution in [1.29, 1.82) is 0 Å². The lowest BCUT2D eigenvalue weighted by molar-refractivity contribution is -0.125. The summed E-state index contributed by atoms with van der Waals surface area (Å²) in [4.78, 5) is 12.2. The van der Waals surface area contributed by atoms with Crippen LogP contribution in [-0.2, 0) is 4.79 Å². The van der Waals surface area contributed by atoms with E-state index in [0.717, 1.165) is 25.7 Å². The molecule has 204 valence electrons. The molecule has 0 aromatic carbocycles. The molecule has 0 fully saturated rings. The normalized spacial score (nSPS) is 14.1. The Hall–Kier alpha value is -0.650. The number of carbonyl (C=O) groups excluding carboxylic acids is 1. The van der Waals surface area contributed by atoms with E-state index in [1.54, 1.807) is 0 Å². The van der Waals surface area contributed by atoms with E-state index in [1.165, 1.54) is 96.3 Å². The zero-order chi connectivity index (χ0) is 25.3. The lowest BCUT2D eigenvalue weighted by Crippen LogP contribution is -2.46. The third-order valence-corrected chi connectivity index (χ3v) is 6.92. The Morgan fingerprint density at radius 2 is 1.00 bits per heavy atom. The first-order valence-electron chi connectivity index (χ1n) is 14.8.